The van der Waals surface area contributed by atoms with Gasteiger partial charge in [0.2, 0.25) is 0 Å². The molecule has 0 bridgehead atoms. The third-order valence-corrected chi connectivity index (χ3v) is 2.23. The largest absolute Gasteiger partial charge is 0.299 e. The lowest BCUT2D eigenvalue weighted by Crippen LogP contribution is -1.77. The van der Waals surface area contributed by atoms with Gasteiger partial charge in [0.05, 0.1) is 0 Å². The highest BCUT2D eigenvalue weighted by Gasteiger charge is 1.85. The van der Waals surface area contributed by atoms with Crippen molar-refractivity contribution in [3.8, 4) is 0 Å². The zero-order valence-electron chi connectivity index (χ0n) is 6.76. The van der Waals surface area contributed by atoms with E-state index in [0.29, 0.717) is 0 Å². The predicted molar refractivity (Wildman–Crippen MR) is 57.2 cm³/mol. The molecule has 0 radical (unpaired) electrons. The molecule has 1 nitrogen and oxygen atoms in total. The van der Waals surface area contributed by atoms with E-state index in [1.807, 2.05) is 6.08 Å². The van der Waals surface area contributed by atoms with Crippen LogP contribution >= 0.6 is 22.6 Å². The molecule has 0 aromatic rings. The smallest absolute Gasteiger partial charge is 0.142 e. The van der Waals surface area contributed by atoms with Crippen molar-refractivity contribution in [2.45, 2.75) is 32.1 Å². The number of carbonyl (C=O) groups excluding carboxylic acids is 1. The van der Waals surface area contributed by atoms with Crippen molar-refractivity contribution in [2.24, 2.45) is 0 Å². The highest BCUT2D eigenvalue weighted by Crippen LogP contribution is 2.04. The fourth-order valence-corrected chi connectivity index (χ4v) is 1.40. The molecule has 0 N–H and O–H groups in total. The number of carbonyl (C=O) groups is 1. The Kier molecular flexibility index (Phi) is 10.3. The lowest BCUT2D eigenvalue weighted by Gasteiger charge is -1.94. The summed E-state index contributed by atoms with van der Waals surface area (Å²) in [5, 5.41) is 0. The fourth-order valence-electron chi connectivity index (χ4n) is 0.862. The van der Waals surface area contributed by atoms with Crippen LogP contribution in [0.25, 0.3) is 0 Å². The zero-order valence-corrected chi connectivity index (χ0v) is 8.92. The molecule has 11 heavy (non-hydrogen) atoms. The number of alkyl halides is 1. The molecule has 0 aliphatic carbocycles. The third-order valence-electron chi connectivity index (χ3n) is 1.47. The molecule has 64 valence electrons. The number of hydrogen-bond acceptors (Lipinski definition) is 1. The van der Waals surface area contributed by atoms with Gasteiger partial charge in [-0.3, -0.25) is 4.79 Å². The molecule has 0 atom stereocenters. The van der Waals surface area contributed by atoms with Gasteiger partial charge in [-0.25, -0.2) is 0 Å². The molecule has 0 fully saturated rings. The quantitative estimate of drug-likeness (QED) is 0.227. The summed E-state index contributed by atoms with van der Waals surface area (Å²) >= 11 is 2.40. The van der Waals surface area contributed by atoms with Crippen LogP contribution in [0.2, 0.25) is 0 Å². The molecule has 0 spiro atoms. The normalized spacial score (nSPS) is 10.6. The molecule has 0 unspecified atom stereocenters. The Morgan fingerprint density at radius 3 is 2.45 bits per heavy atom. The Hall–Kier alpha value is 0.140. The van der Waals surface area contributed by atoms with Crippen molar-refractivity contribution in [3.05, 3.63) is 12.2 Å². The minimum Gasteiger partial charge on any atom is -0.299 e. The second-order valence-corrected chi connectivity index (χ2v) is 3.53. The molecule has 0 aliphatic rings. The van der Waals surface area contributed by atoms with Crippen molar-refractivity contribution in [1.82, 2.24) is 0 Å². The van der Waals surface area contributed by atoms with Crippen LogP contribution in [0.15, 0.2) is 12.2 Å². The second-order valence-electron chi connectivity index (χ2n) is 2.46. The number of halogens is 1. The van der Waals surface area contributed by atoms with E-state index in [2.05, 4.69) is 22.6 Å². The summed E-state index contributed by atoms with van der Waals surface area (Å²) in [6, 6.07) is 0. The van der Waals surface area contributed by atoms with Gasteiger partial charge in [0.15, 0.2) is 0 Å². The van der Waals surface area contributed by atoms with Crippen molar-refractivity contribution in [1.29, 1.82) is 0 Å². The highest BCUT2D eigenvalue weighted by molar-refractivity contribution is 14.1. The van der Waals surface area contributed by atoms with E-state index >= 15 is 0 Å². The molecular formula is C9H15IO. The van der Waals surface area contributed by atoms with E-state index in [9.17, 15) is 4.79 Å². The SMILES string of the molecule is O=C/C=C\CCCCCCI. The lowest BCUT2D eigenvalue weighted by molar-refractivity contribution is -0.104. The van der Waals surface area contributed by atoms with Gasteiger partial charge in [-0.2, -0.15) is 0 Å². The van der Waals surface area contributed by atoms with Gasteiger partial charge in [-0.1, -0.05) is 41.5 Å². The van der Waals surface area contributed by atoms with E-state index < -0.39 is 0 Å². The fraction of sp³-hybridized carbons (Fsp3) is 0.667. The molecule has 0 aromatic carbocycles. The Bertz CT molecular complexity index is 110. The number of aldehydes is 1. The first-order valence-corrected chi connectivity index (χ1v) is 5.60. The van der Waals surface area contributed by atoms with Crippen molar-refractivity contribution in [2.75, 3.05) is 4.43 Å². The summed E-state index contributed by atoms with van der Waals surface area (Å²) in [7, 11) is 0. The number of hydrogen-bond donors (Lipinski definition) is 0. The second kappa shape index (κ2) is 10.1. The standard InChI is InChI=1S/C9H15IO/c10-8-6-4-2-1-3-5-7-9-11/h5,7,9H,1-4,6,8H2/b7-5-. The maximum absolute atomic E-state index is 9.85. The maximum Gasteiger partial charge on any atom is 0.142 e. The molecule has 0 rings (SSSR count). The average molecular weight is 266 g/mol. The molecule has 0 aliphatic heterocycles. The average Bonchev–Trinajstić information content (AvgIpc) is 2.03. The molecule has 0 aromatic heterocycles. The molecule has 0 heterocycles. The highest BCUT2D eigenvalue weighted by atomic mass is 127. The third kappa shape index (κ3) is 10.1. The number of unbranched alkanes of at least 4 members (excludes halogenated alkanes) is 4. The van der Waals surface area contributed by atoms with Crippen LogP contribution in [0, 0.1) is 0 Å². The van der Waals surface area contributed by atoms with Crippen LogP contribution in [0.4, 0.5) is 0 Å². The summed E-state index contributed by atoms with van der Waals surface area (Å²) in [6.45, 7) is 0. The van der Waals surface area contributed by atoms with Crippen LogP contribution in [-0.2, 0) is 4.79 Å². The van der Waals surface area contributed by atoms with Gasteiger partial charge in [-0.15, -0.1) is 0 Å². The monoisotopic (exact) mass is 266 g/mol. The Morgan fingerprint density at radius 1 is 1.09 bits per heavy atom. The van der Waals surface area contributed by atoms with Gasteiger partial charge < -0.3 is 0 Å². The lowest BCUT2D eigenvalue weighted by atomic mass is 10.1. The zero-order chi connectivity index (χ0) is 8.36. The molecule has 2 heteroatoms. The van der Waals surface area contributed by atoms with E-state index in [1.165, 1.54) is 30.1 Å². The Balaban J connectivity index is 2.90. The Morgan fingerprint density at radius 2 is 1.82 bits per heavy atom. The van der Waals surface area contributed by atoms with Gasteiger partial charge in [0, 0.05) is 0 Å². The van der Waals surface area contributed by atoms with Crippen LogP contribution in [-0.4, -0.2) is 10.7 Å². The Labute approximate surface area is 82.4 Å². The summed E-state index contributed by atoms with van der Waals surface area (Å²) < 4.78 is 1.27. The van der Waals surface area contributed by atoms with Crippen LogP contribution in [0.5, 0.6) is 0 Å². The minimum atomic E-state index is 0.838. The van der Waals surface area contributed by atoms with E-state index in [4.69, 9.17) is 0 Å². The maximum atomic E-state index is 9.85. The van der Waals surface area contributed by atoms with Gasteiger partial charge in [-0.05, 0) is 29.8 Å². The first-order valence-electron chi connectivity index (χ1n) is 4.08. The topological polar surface area (TPSA) is 17.1 Å². The van der Waals surface area contributed by atoms with E-state index in [1.54, 1.807) is 6.08 Å². The summed E-state index contributed by atoms with van der Waals surface area (Å²) in [5.41, 5.74) is 0. The van der Waals surface area contributed by atoms with Gasteiger partial charge in [0.25, 0.3) is 0 Å². The van der Waals surface area contributed by atoms with Crippen LogP contribution in [0.3, 0.4) is 0 Å². The van der Waals surface area contributed by atoms with E-state index in [-0.39, 0.29) is 0 Å². The van der Waals surface area contributed by atoms with Crippen LogP contribution < -0.4 is 0 Å². The predicted octanol–water partition coefficient (Wildman–Crippen LogP) is 3.13. The van der Waals surface area contributed by atoms with Gasteiger partial charge >= 0.3 is 0 Å². The number of rotatable bonds is 7. The van der Waals surface area contributed by atoms with Gasteiger partial charge in [0.1, 0.15) is 6.29 Å². The summed E-state index contributed by atoms with van der Waals surface area (Å²) in [4.78, 5) is 9.85. The van der Waals surface area contributed by atoms with Crippen molar-refractivity contribution in [3.63, 3.8) is 0 Å². The molecule has 0 saturated carbocycles. The molecular weight excluding hydrogens is 251 g/mol. The first-order chi connectivity index (χ1) is 5.41. The van der Waals surface area contributed by atoms with E-state index in [0.717, 1.165) is 12.7 Å². The van der Waals surface area contributed by atoms with Crippen molar-refractivity contribution < 1.29 is 4.79 Å². The van der Waals surface area contributed by atoms with Crippen LogP contribution in [0.1, 0.15) is 32.1 Å². The summed E-state index contributed by atoms with van der Waals surface area (Å²) in [5.74, 6) is 0. The minimum absolute atomic E-state index is 0.838. The van der Waals surface area contributed by atoms with Crippen molar-refractivity contribution >= 4 is 28.9 Å². The molecule has 0 saturated heterocycles. The summed E-state index contributed by atoms with van der Waals surface area (Å²) in [6.07, 6.45) is 10.6. The first kappa shape index (κ1) is 11.1. The molecule has 0 amide bonds. The number of allylic oxidation sites excluding steroid dienone is 2.